The quantitative estimate of drug-likeness (QED) is 0.0633. The highest BCUT2D eigenvalue weighted by Gasteiger charge is 2.39. The smallest absolute Gasteiger partial charge is 0.255 e. The summed E-state index contributed by atoms with van der Waals surface area (Å²) in [6, 6.07) is 20.2. The number of para-hydroxylation sites is 1. The van der Waals surface area contributed by atoms with Crippen molar-refractivity contribution in [1.29, 1.82) is 0 Å². The number of nitrogens with one attached hydrogen (secondary N) is 5. The number of carbonyl (C=O) groups is 6. The largest absolute Gasteiger partial charge is 0.383 e. The number of aliphatic hydroxyl groups is 1. The first-order valence-electron chi connectivity index (χ1n) is 20.5. The zero-order valence-corrected chi connectivity index (χ0v) is 33.4. The number of aryl methyl sites for hydroxylation is 1. The fraction of sp³-hybridized carbons (Fsp3) is 0.283. The minimum Gasteiger partial charge on any atom is -0.383 e. The molecule has 8 rings (SSSR count). The van der Waals surface area contributed by atoms with Crippen LogP contribution in [0, 0.1) is 11.6 Å². The SMILES string of the molecule is O=C1CCC(N2Cc3c(CCCC(O)C(=O)NCCNC(=O)c4ccc(-c5cc6c(Nc7ccccc7)c(C(=O)NC7CC7)cnc6cc5F)cc4F)cccc3C2=O)C(=O)N1. The topological polar surface area (TPSA) is 199 Å². The lowest BCUT2D eigenvalue weighted by atomic mass is 9.98. The predicted octanol–water partition coefficient (Wildman–Crippen LogP) is 4.81. The Labute approximate surface area is 354 Å². The average Bonchev–Trinajstić information content (AvgIpc) is 4.02. The molecular weight excluding hydrogens is 801 g/mol. The summed E-state index contributed by atoms with van der Waals surface area (Å²) in [5.74, 6) is -4.48. The lowest BCUT2D eigenvalue weighted by molar-refractivity contribution is -0.137. The highest BCUT2D eigenvalue weighted by atomic mass is 19.1. The standard InChI is InChI=1S/C46H43F2N7O7/c47-35-20-26(31-21-32-37(22-36(31)48)51-23-33(43(59)53-28-13-14-28)41(32)52-27-8-2-1-3-9-27)12-15-30(35)42(58)49-18-19-50-45(61)39(56)11-5-7-25-6-4-10-29-34(25)24-55(46(29)62)38-16-17-40(57)54-44(38)60/h1-4,6,8-10,12,15,20-23,28,38-39,56H,5,7,11,13-14,16-19,24H2,(H,49,58)(H,50,61)(H,51,52)(H,53,59)(H,54,57,60). The first-order valence-corrected chi connectivity index (χ1v) is 20.5. The van der Waals surface area contributed by atoms with Crippen LogP contribution in [-0.4, -0.2) is 81.7 Å². The molecule has 5 aromatic rings. The summed E-state index contributed by atoms with van der Waals surface area (Å²) < 4.78 is 31.1. The van der Waals surface area contributed by atoms with Crippen LogP contribution >= 0.6 is 0 Å². The van der Waals surface area contributed by atoms with E-state index >= 15 is 8.78 Å². The number of rotatable bonds is 15. The second-order valence-electron chi connectivity index (χ2n) is 15.6. The number of pyridine rings is 1. The van der Waals surface area contributed by atoms with Crippen LogP contribution in [-0.2, 0) is 27.3 Å². The third kappa shape index (κ3) is 9.00. The Morgan fingerprint density at radius 1 is 0.855 bits per heavy atom. The van der Waals surface area contributed by atoms with E-state index in [1.165, 1.54) is 35.4 Å². The normalized spacial score (nSPS) is 16.4. The molecule has 2 aliphatic heterocycles. The maximum absolute atomic E-state index is 15.6. The number of benzene rings is 4. The molecule has 318 valence electrons. The van der Waals surface area contributed by atoms with E-state index in [0.717, 1.165) is 30.0 Å². The van der Waals surface area contributed by atoms with Crippen LogP contribution in [0.15, 0.2) is 85.1 Å². The van der Waals surface area contributed by atoms with Gasteiger partial charge in [0.2, 0.25) is 17.7 Å². The van der Waals surface area contributed by atoms with Gasteiger partial charge in [-0.3, -0.25) is 39.1 Å². The Hall–Kier alpha value is -7.07. The predicted molar refractivity (Wildman–Crippen MR) is 224 cm³/mol. The summed E-state index contributed by atoms with van der Waals surface area (Å²) in [5, 5.41) is 24.6. The molecule has 0 spiro atoms. The van der Waals surface area contributed by atoms with Gasteiger partial charge in [-0.2, -0.15) is 0 Å². The van der Waals surface area contributed by atoms with Gasteiger partial charge < -0.3 is 31.3 Å². The zero-order valence-electron chi connectivity index (χ0n) is 33.4. The highest BCUT2D eigenvalue weighted by molar-refractivity contribution is 6.09. The van der Waals surface area contributed by atoms with Gasteiger partial charge in [-0.15, -0.1) is 0 Å². The van der Waals surface area contributed by atoms with Gasteiger partial charge in [-0.05, 0) is 91.6 Å². The molecule has 2 unspecified atom stereocenters. The van der Waals surface area contributed by atoms with Crippen LogP contribution in [0.1, 0.15) is 80.7 Å². The van der Waals surface area contributed by atoms with E-state index in [0.29, 0.717) is 35.2 Å². The Morgan fingerprint density at radius 3 is 2.40 bits per heavy atom. The van der Waals surface area contributed by atoms with Crippen LogP contribution in [0.2, 0.25) is 0 Å². The van der Waals surface area contributed by atoms with E-state index in [1.54, 1.807) is 12.1 Å². The van der Waals surface area contributed by atoms with E-state index in [9.17, 15) is 33.9 Å². The van der Waals surface area contributed by atoms with Crippen molar-refractivity contribution < 1.29 is 42.7 Å². The summed E-state index contributed by atoms with van der Waals surface area (Å²) in [6.07, 6.45) is 3.20. The number of hydrogen-bond acceptors (Lipinski definition) is 9. The number of hydrogen-bond donors (Lipinski definition) is 6. The summed E-state index contributed by atoms with van der Waals surface area (Å²) in [5.41, 5.74) is 3.63. The number of imide groups is 1. The fourth-order valence-corrected chi connectivity index (χ4v) is 7.84. The van der Waals surface area contributed by atoms with Gasteiger partial charge in [-0.1, -0.05) is 36.4 Å². The van der Waals surface area contributed by atoms with Crippen LogP contribution < -0.4 is 26.6 Å². The molecule has 0 bridgehead atoms. The number of piperidine rings is 1. The number of fused-ring (bicyclic) bond motifs is 2. The minimum absolute atomic E-state index is 0.0292. The van der Waals surface area contributed by atoms with E-state index < -0.39 is 41.5 Å². The van der Waals surface area contributed by atoms with Gasteiger partial charge in [0.1, 0.15) is 23.8 Å². The first kappa shape index (κ1) is 41.7. The van der Waals surface area contributed by atoms with Crippen molar-refractivity contribution in [1.82, 2.24) is 31.2 Å². The Bertz CT molecular complexity index is 2620. The number of amides is 6. The second-order valence-corrected chi connectivity index (χ2v) is 15.6. The molecule has 3 aliphatic rings. The first-order chi connectivity index (χ1) is 29.9. The van der Waals surface area contributed by atoms with Crippen molar-refractivity contribution in [2.24, 2.45) is 0 Å². The van der Waals surface area contributed by atoms with Gasteiger partial charge in [0, 0.05) is 66.6 Å². The van der Waals surface area contributed by atoms with Crippen LogP contribution in [0.3, 0.4) is 0 Å². The van der Waals surface area contributed by atoms with Crippen molar-refractivity contribution in [2.75, 3.05) is 18.4 Å². The van der Waals surface area contributed by atoms with Crippen LogP contribution in [0.25, 0.3) is 22.0 Å². The van der Waals surface area contributed by atoms with Crippen LogP contribution in [0.5, 0.6) is 0 Å². The van der Waals surface area contributed by atoms with E-state index in [2.05, 4.69) is 31.6 Å². The molecule has 16 heteroatoms. The van der Waals surface area contributed by atoms with Crippen molar-refractivity contribution in [3.63, 3.8) is 0 Å². The summed E-state index contributed by atoms with van der Waals surface area (Å²) in [6.45, 7) is 0.0898. The molecule has 62 heavy (non-hydrogen) atoms. The summed E-state index contributed by atoms with van der Waals surface area (Å²) >= 11 is 0. The molecule has 4 aromatic carbocycles. The maximum Gasteiger partial charge on any atom is 0.255 e. The van der Waals surface area contributed by atoms with Gasteiger partial charge in [0.25, 0.3) is 17.7 Å². The maximum atomic E-state index is 15.6. The van der Waals surface area contributed by atoms with Crippen LogP contribution in [0.4, 0.5) is 20.2 Å². The molecule has 1 aliphatic carbocycles. The lowest BCUT2D eigenvalue weighted by Crippen LogP contribution is -2.52. The Morgan fingerprint density at radius 2 is 1.65 bits per heavy atom. The monoisotopic (exact) mass is 843 g/mol. The highest BCUT2D eigenvalue weighted by Crippen LogP contribution is 2.36. The molecule has 6 amide bonds. The molecule has 6 N–H and O–H groups in total. The molecule has 1 aromatic heterocycles. The van der Waals surface area contributed by atoms with Gasteiger partial charge in [0.05, 0.1) is 22.3 Å². The van der Waals surface area contributed by atoms with Gasteiger partial charge >= 0.3 is 0 Å². The molecule has 0 radical (unpaired) electrons. The third-order valence-electron chi connectivity index (χ3n) is 11.3. The zero-order chi connectivity index (χ0) is 43.5. The number of aliphatic hydroxyl groups excluding tert-OH is 1. The average molecular weight is 844 g/mol. The molecule has 1 saturated heterocycles. The van der Waals surface area contributed by atoms with E-state index in [-0.39, 0.29) is 90.4 Å². The van der Waals surface area contributed by atoms with Gasteiger partial charge in [0.15, 0.2) is 0 Å². The molecular formula is C46H43F2N7O7. The molecule has 14 nitrogen and oxygen atoms in total. The van der Waals surface area contributed by atoms with Crippen molar-refractivity contribution in [3.05, 3.63) is 125 Å². The fourth-order valence-electron chi connectivity index (χ4n) is 7.84. The number of nitrogens with zero attached hydrogens (tertiary/aromatic N) is 2. The van der Waals surface area contributed by atoms with Crippen molar-refractivity contribution >= 4 is 57.7 Å². The van der Waals surface area contributed by atoms with E-state index in [4.69, 9.17) is 0 Å². The molecule has 3 heterocycles. The van der Waals surface area contributed by atoms with E-state index in [1.807, 2.05) is 36.4 Å². The lowest BCUT2D eigenvalue weighted by Gasteiger charge is -2.29. The second kappa shape index (κ2) is 17.9. The Kier molecular flexibility index (Phi) is 12.0. The third-order valence-corrected chi connectivity index (χ3v) is 11.3. The summed E-state index contributed by atoms with van der Waals surface area (Å²) in [7, 11) is 0. The number of halogens is 2. The minimum atomic E-state index is -1.35. The Balaban J connectivity index is 0.849. The van der Waals surface area contributed by atoms with Gasteiger partial charge in [-0.25, -0.2) is 8.78 Å². The number of aromatic nitrogens is 1. The molecule has 2 atom stereocenters. The van der Waals surface area contributed by atoms with Crippen molar-refractivity contribution in [2.45, 2.75) is 69.7 Å². The van der Waals surface area contributed by atoms with Crippen molar-refractivity contribution in [3.8, 4) is 11.1 Å². The number of anilines is 2. The number of carbonyl (C=O) groups excluding carboxylic acids is 6. The molecule has 1 saturated carbocycles. The summed E-state index contributed by atoms with van der Waals surface area (Å²) in [4.78, 5) is 81.8. The molecule has 2 fully saturated rings.